The molecule has 4 aliphatic heterocycles. The first-order valence-corrected chi connectivity index (χ1v) is 38.9. The van der Waals surface area contributed by atoms with E-state index in [1.807, 2.05) is 6.08 Å². The van der Waals surface area contributed by atoms with Gasteiger partial charge in [0.05, 0.1) is 63.1 Å². The van der Waals surface area contributed by atoms with Crippen LogP contribution in [0.2, 0.25) is 0 Å². The number of rotatable bonds is 52. The number of hydrogen-bond donors (Lipinski definition) is 18. The average Bonchev–Trinajstić information content (AvgIpc) is 0.743. The quantitative estimate of drug-likeness (QED) is 0.0217. The number of nitrogens with one attached hydrogen (secondary N) is 4. The van der Waals surface area contributed by atoms with Gasteiger partial charge in [0.15, 0.2) is 18.9 Å². The molecule has 4 fully saturated rings. The summed E-state index contributed by atoms with van der Waals surface area (Å²) in [5.74, 6) is -8.06. The highest BCUT2D eigenvalue weighted by molar-refractivity contribution is 7.85. The van der Waals surface area contributed by atoms with Gasteiger partial charge in [-0.1, -0.05) is 180 Å². The van der Waals surface area contributed by atoms with Gasteiger partial charge in [0.25, 0.3) is 21.8 Å². The number of aliphatic hydroxyl groups excluding tert-OH is 13. The first-order chi connectivity index (χ1) is 48.7. The van der Waals surface area contributed by atoms with Crippen molar-refractivity contribution in [1.29, 1.82) is 0 Å². The third kappa shape index (κ3) is 30.7. The Balaban J connectivity index is 1.62. The maximum absolute atomic E-state index is 14.7. The van der Waals surface area contributed by atoms with Crippen molar-refractivity contribution in [3.05, 3.63) is 12.2 Å². The largest absolute Gasteiger partial charge is 0.394 e. The van der Waals surface area contributed by atoms with Gasteiger partial charge < -0.3 is 126 Å². The van der Waals surface area contributed by atoms with Crippen molar-refractivity contribution >= 4 is 33.7 Å². The first kappa shape index (κ1) is 91.1. The molecule has 33 heteroatoms. The minimum absolute atomic E-state index is 0.142. The van der Waals surface area contributed by atoms with E-state index in [9.17, 15) is 98.5 Å². The van der Waals surface area contributed by atoms with Crippen LogP contribution in [0.3, 0.4) is 0 Å². The van der Waals surface area contributed by atoms with Crippen LogP contribution in [0.1, 0.15) is 214 Å². The van der Waals surface area contributed by atoms with Crippen LogP contribution < -0.4 is 21.3 Å². The van der Waals surface area contributed by atoms with E-state index in [0.29, 0.717) is 12.8 Å². The van der Waals surface area contributed by atoms with Crippen LogP contribution in [-0.4, -0.2) is 289 Å². The normalized spacial score (nSPS) is 31.3. The van der Waals surface area contributed by atoms with Gasteiger partial charge in [-0.05, 0) is 19.3 Å². The van der Waals surface area contributed by atoms with Crippen LogP contribution in [0.25, 0.3) is 0 Å². The molecule has 4 saturated heterocycles. The maximum Gasteiger partial charge on any atom is 0.280 e. The van der Waals surface area contributed by atoms with Crippen LogP contribution >= 0.6 is 0 Å². The molecule has 596 valence electrons. The molecule has 23 atom stereocenters. The van der Waals surface area contributed by atoms with Crippen LogP contribution in [0.4, 0.5) is 0 Å². The molecule has 4 amide bonds. The first-order valence-electron chi connectivity index (χ1n) is 37.3. The van der Waals surface area contributed by atoms with Gasteiger partial charge in [-0.2, -0.15) is 8.42 Å². The third-order valence-corrected chi connectivity index (χ3v) is 19.9. The number of amides is 4. The second kappa shape index (κ2) is 48.9. The van der Waals surface area contributed by atoms with Gasteiger partial charge in [0, 0.05) is 33.2 Å². The number of aliphatic hydroxyl groups is 13. The molecule has 0 unspecified atom stereocenters. The predicted molar refractivity (Wildman–Crippen MR) is 368 cm³/mol. The van der Waals surface area contributed by atoms with E-state index in [0.717, 1.165) is 65.2 Å². The van der Waals surface area contributed by atoms with Gasteiger partial charge in [-0.25, -0.2) is 0 Å². The van der Waals surface area contributed by atoms with Gasteiger partial charge in [0.1, 0.15) is 91.5 Å². The molecular weight excluding hydrogens is 1360 g/mol. The zero-order valence-electron chi connectivity index (χ0n) is 60.2. The van der Waals surface area contributed by atoms with E-state index in [1.165, 1.54) is 109 Å². The van der Waals surface area contributed by atoms with Gasteiger partial charge in [-0.3, -0.25) is 23.7 Å². The van der Waals surface area contributed by atoms with Crippen LogP contribution in [0, 0.1) is 0 Å². The molecule has 0 aliphatic carbocycles. The summed E-state index contributed by atoms with van der Waals surface area (Å²) in [6, 6.07) is -4.66. The van der Waals surface area contributed by atoms with Crippen molar-refractivity contribution in [2.75, 3.05) is 45.3 Å². The topological polar surface area (TPSA) is 508 Å². The minimum atomic E-state index is -4.84. The van der Waals surface area contributed by atoms with Crippen LogP contribution in [0.15, 0.2) is 12.2 Å². The predicted octanol–water partition coefficient (Wildman–Crippen LogP) is 0.0528. The van der Waals surface area contributed by atoms with Crippen LogP contribution in [0.5, 0.6) is 0 Å². The summed E-state index contributed by atoms with van der Waals surface area (Å²) in [5.41, 5.74) is 0. The molecular formula is C69H126N4O28S. The van der Waals surface area contributed by atoms with Crippen molar-refractivity contribution in [2.24, 2.45) is 0 Å². The lowest BCUT2D eigenvalue weighted by Gasteiger charge is -2.53. The standard InChI is InChI=1S/C69H126N4O28S/c1-5-7-9-11-13-15-17-19-20-22-24-26-28-30-32-34-52(83)73-45(46(80)33-31-29-27-25-23-21-18-16-14-12-10-8-6-2)42-94-66-59(88)58(87)61(50(40-76)96-66)98-67-60(89)64(62(51(41-77)97-67)99-65-54(72-44(4)79)57(86)56(85)49(39-75)95-65)101-69(68(90)70-35-36-102(91,92)93)37-47(81)53(71-43(3)78)63(100-69)55(84)48(82)38-74/h31,33,45-51,53-67,74-77,80-82,84-89H,5-30,32,34-42H2,1-4H3,(H,70,90)(H,71,78)(H,72,79)(H,73,83)(H,91,92,93)/b33-31+/t45-,46+,47-,48+,49+,50+,51+,53+,54+,55+,56-,57+,58+,59+,60+,61+,62-,63+,64+,65-,66+,67-,69-/m0/s1. The lowest BCUT2D eigenvalue weighted by atomic mass is 9.87. The molecule has 0 bridgehead atoms. The summed E-state index contributed by atoms with van der Waals surface area (Å²) in [6.45, 7) is 0.535. The Kier molecular flexibility index (Phi) is 43.6. The molecule has 4 aliphatic rings. The number of ether oxygens (including phenoxy) is 8. The second-order valence-electron chi connectivity index (χ2n) is 27.7. The zero-order chi connectivity index (χ0) is 75.4. The Bertz CT molecular complexity index is 2480. The average molecular weight is 1490 g/mol. The van der Waals surface area contributed by atoms with Crippen LogP contribution in [-0.2, 0) is 67.2 Å². The third-order valence-electron chi connectivity index (χ3n) is 19.1. The van der Waals surface area contributed by atoms with Crippen molar-refractivity contribution in [3.8, 4) is 0 Å². The summed E-state index contributed by atoms with van der Waals surface area (Å²) in [4.78, 5) is 53.4. The number of carbonyl (C=O) groups excluding carboxylic acids is 4. The lowest BCUT2D eigenvalue weighted by Crippen LogP contribution is -2.73. The Morgan fingerprint density at radius 3 is 1.56 bits per heavy atom. The van der Waals surface area contributed by atoms with Gasteiger partial charge in [0.2, 0.25) is 17.7 Å². The fourth-order valence-electron chi connectivity index (χ4n) is 13.3. The fraction of sp³-hybridized carbons (Fsp3) is 0.913. The summed E-state index contributed by atoms with van der Waals surface area (Å²) in [7, 11) is -4.84. The summed E-state index contributed by atoms with van der Waals surface area (Å²) >= 11 is 0. The van der Waals surface area contributed by atoms with Crippen molar-refractivity contribution < 1.29 is 136 Å². The summed E-state index contributed by atoms with van der Waals surface area (Å²) in [6.07, 6.45) is -6.03. The van der Waals surface area contributed by atoms with Crippen molar-refractivity contribution in [3.63, 3.8) is 0 Å². The Labute approximate surface area is 601 Å². The highest BCUT2D eigenvalue weighted by atomic mass is 32.2. The smallest absolute Gasteiger partial charge is 0.280 e. The van der Waals surface area contributed by atoms with Gasteiger partial charge in [-0.15, -0.1) is 0 Å². The van der Waals surface area contributed by atoms with Gasteiger partial charge >= 0.3 is 0 Å². The number of unbranched alkanes of at least 4 members (excludes halogenated alkanes) is 25. The van der Waals surface area contributed by atoms with E-state index in [4.69, 9.17) is 37.9 Å². The Hall–Kier alpha value is -3.31. The number of carbonyl (C=O) groups is 4. The molecule has 18 N–H and O–H groups in total. The minimum Gasteiger partial charge on any atom is -0.394 e. The molecule has 0 saturated carbocycles. The van der Waals surface area contributed by atoms with E-state index in [2.05, 4.69) is 35.1 Å². The molecule has 0 radical (unpaired) electrons. The SMILES string of the molecule is CCCCCCCCCCCCC/C=C/[C@@H](O)[C@H](CO[C@@H]1O[C@H](CO)[C@@H](O[C@@H]2O[C@H](CO)[C@H](O[C@@H]3O[C@H](CO)[C@H](O)[C@H](O)[C@H]3NC(C)=O)[C@H](O[C@]3(C(=O)NCCS(=O)(=O)O)C[C@H](O)[C@@H](NC(C)=O)[C@H]([C@H](O)[C@H](O)CO)O3)[C@H]2O)[C@H](O)[C@H]1O)NC(=O)CCCCCCCCCCCCCCCCC. The second-order valence-corrected chi connectivity index (χ2v) is 29.3. The molecule has 4 rings (SSSR count). The molecule has 0 aromatic heterocycles. The number of hydrogen-bond acceptors (Lipinski definition) is 27. The molecule has 102 heavy (non-hydrogen) atoms. The maximum atomic E-state index is 14.7. The molecule has 0 aromatic carbocycles. The van der Waals surface area contributed by atoms with E-state index in [1.54, 1.807) is 6.08 Å². The molecule has 0 aromatic rings. The van der Waals surface area contributed by atoms with Crippen molar-refractivity contribution in [1.82, 2.24) is 21.3 Å². The highest BCUT2D eigenvalue weighted by Gasteiger charge is 2.61. The molecule has 4 heterocycles. The van der Waals surface area contributed by atoms with E-state index in [-0.39, 0.29) is 12.3 Å². The number of allylic oxidation sites excluding steroid dienone is 1. The summed E-state index contributed by atoms with van der Waals surface area (Å²) < 4.78 is 82.0. The highest BCUT2D eigenvalue weighted by Crippen LogP contribution is 2.40. The lowest BCUT2D eigenvalue weighted by molar-refractivity contribution is -0.399. The fourth-order valence-corrected chi connectivity index (χ4v) is 13.6. The molecule has 32 nitrogen and oxygen atoms in total. The summed E-state index contributed by atoms with van der Waals surface area (Å²) in [5, 5.41) is 156. The zero-order valence-corrected chi connectivity index (χ0v) is 61.0. The van der Waals surface area contributed by atoms with Crippen molar-refractivity contribution in [2.45, 2.75) is 354 Å². The van der Waals surface area contributed by atoms with E-state index >= 15 is 0 Å². The molecule has 0 spiro atoms. The monoisotopic (exact) mass is 1490 g/mol. The van der Waals surface area contributed by atoms with E-state index < -0.39 is 220 Å². The Morgan fingerprint density at radius 1 is 0.569 bits per heavy atom. The Morgan fingerprint density at radius 2 is 1.05 bits per heavy atom.